The smallest absolute Gasteiger partial charge is 0.244 e. The summed E-state index contributed by atoms with van der Waals surface area (Å²) in [6.07, 6.45) is 0. The van der Waals surface area contributed by atoms with Gasteiger partial charge in [-0.05, 0) is 37.3 Å². The minimum Gasteiger partial charge on any atom is -0.370 e. The van der Waals surface area contributed by atoms with Crippen molar-refractivity contribution >= 4 is 11.6 Å². The third-order valence-electron chi connectivity index (χ3n) is 2.90. The second-order valence-corrected chi connectivity index (χ2v) is 4.51. The van der Waals surface area contributed by atoms with E-state index in [2.05, 4.69) is 5.32 Å². The molecule has 20 heavy (non-hydrogen) atoms. The molecule has 0 saturated heterocycles. The minimum absolute atomic E-state index is 0.168. The lowest BCUT2D eigenvalue weighted by molar-refractivity contribution is -0.118. The molecule has 0 saturated carbocycles. The summed E-state index contributed by atoms with van der Waals surface area (Å²) in [5, 5.41) is 2.81. The van der Waals surface area contributed by atoms with Gasteiger partial charge in [0.2, 0.25) is 5.91 Å². The number of aryl methyl sites for hydroxylation is 1. The van der Waals surface area contributed by atoms with Crippen LogP contribution in [0.1, 0.15) is 17.2 Å². The summed E-state index contributed by atoms with van der Waals surface area (Å²) < 4.78 is 26.7. The third kappa shape index (κ3) is 3.12. The van der Waals surface area contributed by atoms with Gasteiger partial charge in [-0.1, -0.05) is 17.7 Å². The number of nitrogens with two attached hydrogens (primary N) is 1. The predicted molar refractivity (Wildman–Crippen MR) is 73.1 cm³/mol. The Balaban J connectivity index is 2.34. The number of primary amides is 1. The van der Waals surface area contributed by atoms with Gasteiger partial charge in [0, 0.05) is 11.3 Å². The van der Waals surface area contributed by atoms with E-state index < -0.39 is 23.6 Å². The van der Waals surface area contributed by atoms with Crippen molar-refractivity contribution in [1.82, 2.24) is 0 Å². The normalized spacial score (nSPS) is 11.9. The number of rotatable bonds is 4. The van der Waals surface area contributed by atoms with Crippen LogP contribution in [0, 0.1) is 18.6 Å². The zero-order valence-electron chi connectivity index (χ0n) is 10.9. The number of carbonyl (C=O) groups excluding carboxylic acids is 1. The van der Waals surface area contributed by atoms with Gasteiger partial charge in [-0.2, -0.15) is 0 Å². The van der Waals surface area contributed by atoms with Crippen LogP contribution in [0.4, 0.5) is 14.5 Å². The summed E-state index contributed by atoms with van der Waals surface area (Å²) in [4.78, 5) is 11.6. The fraction of sp³-hybridized carbons (Fsp3) is 0.133. The molecule has 5 heteroatoms. The first kappa shape index (κ1) is 14.0. The molecule has 2 aromatic rings. The van der Waals surface area contributed by atoms with Crippen molar-refractivity contribution in [2.45, 2.75) is 13.0 Å². The fourth-order valence-electron chi connectivity index (χ4n) is 1.90. The van der Waals surface area contributed by atoms with Gasteiger partial charge in [0.1, 0.15) is 17.7 Å². The highest BCUT2D eigenvalue weighted by atomic mass is 19.1. The lowest BCUT2D eigenvalue weighted by Crippen LogP contribution is -2.28. The van der Waals surface area contributed by atoms with Crippen molar-refractivity contribution in [3.63, 3.8) is 0 Å². The molecule has 0 aliphatic rings. The number of hydrogen-bond acceptors (Lipinski definition) is 2. The maximum Gasteiger partial charge on any atom is 0.244 e. The van der Waals surface area contributed by atoms with E-state index in [1.807, 2.05) is 0 Å². The topological polar surface area (TPSA) is 55.1 Å². The van der Waals surface area contributed by atoms with Crippen molar-refractivity contribution in [1.29, 1.82) is 0 Å². The SMILES string of the molecule is Cc1ccc(F)c(C(Nc2ccc(F)cc2)C(N)=O)c1. The first-order chi connectivity index (χ1) is 9.47. The summed E-state index contributed by atoms with van der Waals surface area (Å²) in [5.41, 5.74) is 6.79. The van der Waals surface area contributed by atoms with Crippen LogP contribution in [0.5, 0.6) is 0 Å². The van der Waals surface area contributed by atoms with Gasteiger partial charge in [0.05, 0.1) is 0 Å². The number of amides is 1. The highest BCUT2D eigenvalue weighted by Gasteiger charge is 2.21. The van der Waals surface area contributed by atoms with Crippen LogP contribution >= 0.6 is 0 Å². The molecule has 0 spiro atoms. The maximum absolute atomic E-state index is 13.8. The summed E-state index contributed by atoms with van der Waals surface area (Å²) in [5.74, 6) is -1.62. The number of anilines is 1. The summed E-state index contributed by atoms with van der Waals surface area (Å²) >= 11 is 0. The van der Waals surface area contributed by atoms with Crippen LogP contribution in [0.3, 0.4) is 0 Å². The van der Waals surface area contributed by atoms with Crippen LogP contribution in [0.25, 0.3) is 0 Å². The second-order valence-electron chi connectivity index (χ2n) is 4.51. The molecule has 3 N–H and O–H groups in total. The second kappa shape index (κ2) is 5.69. The van der Waals surface area contributed by atoms with Crippen molar-refractivity contribution in [2.24, 2.45) is 5.73 Å². The monoisotopic (exact) mass is 276 g/mol. The summed E-state index contributed by atoms with van der Waals surface area (Å²) in [7, 11) is 0. The van der Waals surface area contributed by atoms with Gasteiger partial charge in [-0.15, -0.1) is 0 Å². The van der Waals surface area contributed by atoms with Crippen molar-refractivity contribution in [3.05, 3.63) is 65.2 Å². The van der Waals surface area contributed by atoms with Gasteiger partial charge in [0.15, 0.2) is 0 Å². The molecular weight excluding hydrogens is 262 g/mol. The van der Waals surface area contributed by atoms with E-state index >= 15 is 0 Å². The fourth-order valence-corrected chi connectivity index (χ4v) is 1.90. The zero-order chi connectivity index (χ0) is 14.7. The molecule has 0 radical (unpaired) electrons. The standard InChI is InChI=1S/C15H14F2N2O/c1-9-2-7-13(17)12(8-9)14(15(18)20)19-11-5-3-10(16)4-6-11/h2-8,14,19H,1H3,(H2,18,20). The molecule has 2 aromatic carbocycles. The lowest BCUT2D eigenvalue weighted by Gasteiger charge is -2.18. The number of nitrogens with one attached hydrogen (secondary N) is 1. The first-order valence-corrected chi connectivity index (χ1v) is 6.05. The zero-order valence-corrected chi connectivity index (χ0v) is 10.9. The Bertz CT molecular complexity index is 626. The van der Waals surface area contributed by atoms with Crippen LogP contribution in [-0.4, -0.2) is 5.91 Å². The van der Waals surface area contributed by atoms with Crippen molar-refractivity contribution in [3.8, 4) is 0 Å². The van der Waals surface area contributed by atoms with Crippen LogP contribution in [0.2, 0.25) is 0 Å². The quantitative estimate of drug-likeness (QED) is 0.902. The molecule has 0 aliphatic heterocycles. The average Bonchev–Trinajstić information content (AvgIpc) is 2.41. The third-order valence-corrected chi connectivity index (χ3v) is 2.90. The Hall–Kier alpha value is -2.43. The van der Waals surface area contributed by atoms with Gasteiger partial charge in [-0.3, -0.25) is 4.79 Å². The molecule has 1 atom stereocenters. The van der Waals surface area contributed by atoms with Crippen LogP contribution < -0.4 is 11.1 Å². The molecule has 0 aromatic heterocycles. The van der Waals surface area contributed by atoms with Gasteiger partial charge in [-0.25, -0.2) is 8.78 Å². The van der Waals surface area contributed by atoms with Crippen LogP contribution in [-0.2, 0) is 4.79 Å². The van der Waals surface area contributed by atoms with E-state index in [0.29, 0.717) is 5.69 Å². The molecular formula is C15H14F2N2O. The number of halogens is 2. The molecule has 0 fully saturated rings. The van der Waals surface area contributed by atoms with Crippen LogP contribution in [0.15, 0.2) is 42.5 Å². The van der Waals surface area contributed by atoms with E-state index in [1.54, 1.807) is 19.1 Å². The van der Waals surface area contributed by atoms with E-state index in [4.69, 9.17) is 5.73 Å². The van der Waals surface area contributed by atoms with E-state index in [9.17, 15) is 13.6 Å². The maximum atomic E-state index is 13.8. The van der Waals surface area contributed by atoms with Crippen molar-refractivity contribution < 1.29 is 13.6 Å². The van der Waals surface area contributed by atoms with Crippen molar-refractivity contribution in [2.75, 3.05) is 5.32 Å². The van der Waals surface area contributed by atoms with Gasteiger partial charge >= 0.3 is 0 Å². The van der Waals surface area contributed by atoms with Gasteiger partial charge in [0.25, 0.3) is 0 Å². The highest BCUT2D eigenvalue weighted by Crippen LogP contribution is 2.23. The van der Waals surface area contributed by atoms with E-state index in [1.165, 1.54) is 30.3 Å². The first-order valence-electron chi connectivity index (χ1n) is 6.05. The molecule has 3 nitrogen and oxygen atoms in total. The Morgan fingerprint density at radius 2 is 1.80 bits per heavy atom. The number of carbonyl (C=O) groups is 1. The minimum atomic E-state index is -1.01. The molecule has 0 aliphatic carbocycles. The number of benzene rings is 2. The molecule has 1 amide bonds. The summed E-state index contributed by atoms with van der Waals surface area (Å²) in [6, 6.07) is 8.83. The molecule has 104 valence electrons. The Kier molecular flexibility index (Phi) is 3.98. The highest BCUT2D eigenvalue weighted by molar-refractivity contribution is 5.84. The average molecular weight is 276 g/mol. The Labute approximate surface area is 115 Å². The summed E-state index contributed by atoms with van der Waals surface area (Å²) in [6.45, 7) is 1.79. The largest absolute Gasteiger partial charge is 0.370 e. The predicted octanol–water partition coefficient (Wildman–Crippen LogP) is 2.91. The van der Waals surface area contributed by atoms with Gasteiger partial charge < -0.3 is 11.1 Å². The van der Waals surface area contributed by atoms with E-state index in [-0.39, 0.29) is 5.56 Å². The molecule has 0 bridgehead atoms. The number of hydrogen-bond donors (Lipinski definition) is 2. The molecule has 0 heterocycles. The molecule has 1 unspecified atom stereocenters. The van der Waals surface area contributed by atoms with E-state index in [0.717, 1.165) is 5.56 Å². The Morgan fingerprint density at radius 3 is 2.40 bits per heavy atom. The molecule has 2 rings (SSSR count). The Morgan fingerprint density at radius 1 is 1.15 bits per heavy atom. The lowest BCUT2D eigenvalue weighted by atomic mass is 10.0.